The number of halogens is 3. The first kappa shape index (κ1) is 18.2. The van der Waals surface area contributed by atoms with E-state index in [1.807, 2.05) is 0 Å². The zero-order chi connectivity index (χ0) is 19.2. The van der Waals surface area contributed by atoms with Crippen LogP contribution in [0.1, 0.15) is 35.7 Å². The molecular weight excluding hydrogens is 359 g/mol. The number of likely N-dealkylation sites (N-methyl/N-ethyl adjacent to an activating group) is 1. The van der Waals surface area contributed by atoms with Crippen LogP contribution in [-0.4, -0.2) is 62.9 Å². The molecule has 6 nitrogen and oxygen atoms in total. The lowest BCUT2D eigenvalue weighted by Crippen LogP contribution is -2.46. The Labute approximate surface area is 155 Å². The van der Waals surface area contributed by atoms with Crippen molar-refractivity contribution in [2.24, 2.45) is 0 Å². The van der Waals surface area contributed by atoms with Crippen LogP contribution >= 0.6 is 0 Å². The van der Waals surface area contributed by atoms with Crippen LogP contribution in [0.15, 0.2) is 18.3 Å². The Hall–Kier alpha value is -2.13. The van der Waals surface area contributed by atoms with E-state index < -0.39 is 11.7 Å². The summed E-state index contributed by atoms with van der Waals surface area (Å²) in [5.74, 6) is 0.174. The van der Waals surface area contributed by atoms with Gasteiger partial charge in [-0.15, -0.1) is 0 Å². The third kappa shape index (κ3) is 3.41. The molecule has 1 aliphatic carbocycles. The Kier molecular flexibility index (Phi) is 4.59. The quantitative estimate of drug-likeness (QED) is 0.867. The van der Waals surface area contributed by atoms with Crippen LogP contribution in [-0.2, 0) is 12.6 Å². The SMILES string of the molecule is CN1CCN(C2CCCc3nn(-c4ccc(C(F)(F)F)cn4)c(O)c32)CC1. The molecule has 1 fully saturated rings. The predicted octanol–water partition coefficient (Wildman–Crippen LogP) is 2.62. The minimum Gasteiger partial charge on any atom is -0.493 e. The van der Waals surface area contributed by atoms with E-state index in [1.54, 1.807) is 0 Å². The standard InChI is InChI=1S/C18H22F3N5O/c1-24-7-9-25(10-8-24)14-4-2-3-13-16(14)17(27)26(23-13)15-6-5-12(11-22-15)18(19,20)21/h5-6,11,14,27H,2-4,7-10H2,1H3. The summed E-state index contributed by atoms with van der Waals surface area (Å²) >= 11 is 0. The highest BCUT2D eigenvalue weighted by Gasteiger charge is 2.35. The Morgan fingerprint density at radius 1 is 1.15 bits per heavy atom. The van der Waals surface area contributed by atoms with Gasteiger partial charge in [-0.3, -0.25) is 4.90 Å². The molecule has 27 heavy (non-hydrogen) atoms. The van der Waals surface area contributed by atoms with Crippen molar-refractivity contribution >= 4 is 0 Å². The van der Waals surface area contributed by atoms with Crippen molar-refractivity contribution in [2.45, 2.75) is 31.5 Å². The summed E-state index contributed by atoms with van der Waals surface area (Å²) in [6.07, 6.45) is -1.01. The second kappa shape index (κ2) is 6.79. The average molecular weight is 381 g/mol. The molecule has 0 radical (unpaired) electrons. The summed E-state index contributed by atoms with van der Waals surface area (Å²) in [6, 6.07) is 2.29. The first-order valence-corrected chi connectivity index (χ1v) is 9.11. The number of hydrogen-bond acceptors (Lipinski definition) is 5. The van der Waals surface area contributed by atoms with Gasteiger partial charge < -0.3 is 10.0 Å². The second-order valence-electron chi connectivity index (χ2n) is 7.25. The van der Waals surface area contributed by atoms with Crippen LogP contribution in [0, 0.1) is 0 Å². The summed E-state index contributed by atoms with van der Waals surface area (Å²) in [6.45, 7) is 3.79. The lowest BCUT2D eigenvalue weighted by atomic mass is 9.91. The first-order valence-electron chi connectivity index (χ1n) is 9.11. The molecule has 1 N–H and O–H groups in total. The van der Waals surface area contributed by atoms with Gasteiger partial charge in [-0.05, 0) is 38.4 Å². The molecule has 2 aliphatic rings. The molecule has 0 amide bonds. The number of hydrogen-bond donors (Lipinski definition) is 1. The van der Waals surface area contributed by atoms with Crippen molar-refractivity contribution < 1.29 is 18.3 Å². The molecule has 0 bridgehead atoms. The molecule has 2 aromatic rings. The van der Waals surface area contributed by atoms with Crippen LogP contribution in [0.2, 0.25) is 0 Å². The van der Waals surface area contributed by atoms with Crippen LogP contribution in [0.5, 0.6) is 5.88 Å². The smallest absolute Gasteiger partial charge is 0.417 e. The Balaban J connectivity index is 1.65. The molecule has 0 spiro atoms. The third-order valence-electron chi connectivity index (χ3n) is 5.47. The fraction of sp³-hybridized carbons (Fsp3) is 0.556. The first-order chi connectivity index (χ1) is 12.8. The molecule has 2 aromatic heterocycles. The van der Waals surface area contributed by atoms with Gasteiger partial charge in [0.05, 0.1) is 16.8 Å². The van der Waals surface area contributed by atoms with Crippen LogP contribution in [0.25, 0.3) is 5.82 Å². The Morgan fingerprint density at radius 2 is 1.89 bits per heavy atom. The molecule has 0 saturated carbocycles. The molecule has 4 rings (SSSR count). The van der Waals surface area contributed by atoms with E-state index in [2.05, 4.69) is 26.9 Å². The minimum atomic E-state index is -4.44. The van der Waals surface area contributed by atoms with E-state index in [4.69, 9.17) is 0 Å². The highest BCUT2D eigenvalue weighted by Crippen LogP contribution is 2.40. The minimum absolute atomic E-state index is 0.0131. The van der Waals surface area contributed by atoms with Gasteiger partial charge in [0.2, 0.25) is 5.88 Å². The van der Waals surface area contributed by atoms with Crippen molar-refractivity contribution in [3.63, 3.8) is 0 Å². The molecule has 1 aliphatic heterocycles. The summed E-state index contributed by atoms with van der Waals surface area (Å²) < 4.78 is 39.5. The summed E-state index contributed by atoms with van der Waals surface area (Å²) in [5, 5.41) is 15.3. The molecule has 0 aromatic carbocycles. The highest BCUT2D eigenvalue weighted by molar-refractivity contribution is 5.41. The normalized spacial score (nSPS) is 22.0. The number of piperazine rings is 1. The van der Waals surface area contributed by atoms with Gasteiger partial charge >= 0.3 is 6.18 Å². The average Bonchev–Trinajstić information content (AvgIpc) is 2.99. The highest BCUT2D eigenvalue weighted by atomic mass is 19.4. The number of aryl methyl sites for hydroxylation is 1. The van der Waals surface area contributed by atoms with Gasteiger partial charge in [0.15, 0.2) is 5.82 Å². The van der Waals surface area contributed by atoms with Gasteiger partial charge in [-0.25, -0.2) is 4.98 Å². The van der Waals surface area contributed by atoms with Gasteiger partial charge in [0.25, 0.3) is 0 Å². The molecule has 9 heteroatoms. The van der Waals surface area contributed by atoms with E-state index in [-0.39, 0.29) is 17.7 Å². The van der Waals surface area contributed by atoms with Crippen LogP contribution in [0.4, 0.5) is 13.2 Å². The van der Waals surface area contributed by atoms with Gasteiger partial charge in [-0.2, -0.15) is 23.0 Å². The van der Waals surface area contributed by atoms with E-state index in [0.29, 0.717) is 0 Å². The van der Waals surface area contributed by atoms with E-state index in [1.165, 1.54) is 10.7 Å². The van der Waals surface area contributed by atoms with Crippen molar-refractivity contribution in [1.82, 2.24) is 24.6 Å². The fourth-order valence-corrected chi connectivity index (χ4v) is 3.94. The maximum absolute atomic E-state index is 12.8. The van der Waals surface area contributed by atoms with Crippen molar-refractivity contribution in [2.75, 3.05) is 33.2 Å². The number of aromatic hydroxyl groups is 1. The lowest BCUT2D eigenvalue weighted by Gasteiger charge is -2.39. The molecule has 3 heterocycles. The Bertz CT molecular complexity index is 810. The van der Waals surface area contributed by atoms with Gasteiger partial charge in [0, 0.05) is 38.4 Å². The number of alkyl halides is 3. The third-order valence-corrected chi connectivity index (χ3v) is 5.47. The lowest BCUT2D eigenvalue weighted by molar-refractivity contribution is -0.137. The largest absolute Gasteiger partial charge is 0.493 e. The topological polar surface area (TPSA) is 57.4 Å². The number of nitrogens with zero attached hydrogens (tertiary/aromatic N) is 5. The van der Waals surface area contributed by atoms with E-state index >= 15 is 0 Å². The number of fused-ring (bicyclic) bond motifs is 1. The zero-order valence-electron chi connectivity index (χ0n) is 15.1. The predicted molar refractivity (Wildman–Crippen MR) is 92.8 cm³/mol. The summed E-state index contributed by atoms with van der Waals surface area (Å²) in [5.41, 5.74) is 0.787. The van der Waals surface area contributed by atoms with Crippen LogP contribution < -0.4 is 0 Å². The van der Waals surface area contributed by atoms with Gasteiger partial charge in [0.1, 0.15) is 0 Å². The maximum atomic E-state index is 12.8. The number of pyridine rings is 1. The van der Waals surface area contributed by atoms with E-state index in [9.17, 15) is 18.3 Å². The summed E-state index contributed by atoms with van der Waals surface area (Å²) in [7, 11) is 2.09. The fourth-order valence-electron chi connectivity index (χ4n) is 3.94. The van der Waals surface area contributed by atoms with Crippen molar-refractivity contribution in [3.8, 4) is 11.7 Å². The molecular formula is C18H22F3N5O. The van der Waals surface area contributed by atoms with Gasteiger partial charge in [-0.1, -0.05) is 0 Å². The maximum Gasteiger partial charge on any atom is 0.417 e. The van der Waals surface area contributed by atoms with Crippen molar-refractivity contribution in [1.29, 1.82) is 0 Å². The van der Waals surface area contributed by atoms with Crippen LogP contribution in [0.3, 0.4) is 0 Å². The molecule has 1 saturated heterocycles. The Morgan fingerprint density at radius 3 is 2.52 bits per heavy atom. The van der Waals surface area contributed by atoms with E-state index in [0.717, 1.165) is 69.0 Å². The zero-order valence-corrected chi connectivity index (χ0v) is 15.1. The molecule has 1 atom stereocenters. The summed E-state index contributed by atoms with van der Waals surface area (Å²) in [4.78, 5) is 8.51. The molecule has 146 valence electrons. The monoisotopic (exact) mass is 381 g/mol. The number of aromatic nitrogens is 3. The number of rotatable bonds is 2. The second-order valence-corrected chi connectivity index (χ2v) is 7.25. The van der Waals surface area contributed by atoms with Crippen molar-refractivity contribution in [3.05, 3.63) is 35.2 Å². The molecule has 1 unspecified atom stereocenters.